The van der Waals surface area contributed by atoms with Crippen molar-refractivity contribution in [1.82, 2.24) is 9.21 Å². The van der Waals surface area contributed by atoms with Gasteiger partial charge in [-0.1, -0.05) is 31.0 Å². The number of sulfonamides is 1. The molecular formula is C36H46N2O6S. The van der Waals surface area contributed by atoms with Crippen LogP contribution in [0.5, 0.6) is 23.0 Å². The van der Waals surface area contributed by atoms with Gasteiger partial charge in [0.2, 0.25) is 10.0 Å². The molecule has 4 unspecified atom stereocenters. The smallest absolute Gasteiger partial charge is 0.243 e. The van der Waals surface area contributed by atoms with Crippen LogP contribution in [0.15, 0.2) is 53.4 Å². The van der Waals surface area contributed by atoms with Crippen LogP contribution in [0.25, 0.3) is 0 Å². The minimum atomic E-state index is -3.77. The van der Waals surface area contributed by atoms with Crippen molar-refractivity contribution in [2.24, 2.45) is 11.8 Å². The highest BCUT2D eigenvalue weighted by molar-refractivity contribution is 7.89. The zero-order chi connectivity index (χ0) is 31.9. The molecule has 3 heterocycles. The molecule has 0 amide bonds. The van der Waals surface area contributed by atoms with E-state index in [0.29, 0.717) is 41.7 Å². The fourth-order valence-electron chi connectivity index (χ4n) is 7.98. The summed E-state index contributed by atoms with van der Waals surface area (Å²) >= 11 is 0. The Morgan fingerprint density at radius 2 is 1.36 bits per heavy atom. The number of ether oxygens (including phenoxy) is 4. The third-order valence-electron chi connectivity index (χ3n) is 10.4. The number of methoxy groups -OCH3 is 4. The fraction of sp³-hybridized carbons (Fsp3) is 0.500. The Kier molecular flexibility index (Phi) is 9.05. The van der Waals surface area contributed by atoms with Crippen LogP contribution in [-0.4, -0.2) is 71.7 Å². The van der Waals surface area contributed by atoms with Crippen LogP contribution in [0, 0.1) is 18.8 Å². The van der Waals surface area contributed by atoms with Crippen molar-refractivity contribution in [1.29, 1.82) is 0 Å². The van der Waals surface area contributed by atoms with Gasteiger partial charge in [0.15, 0.2) is 23.0 Å². The molecule has 3 aromatic rings. The van der Waals surface area contributed by atoms with E-state index in [9.17, 15) is 8.42 Å². The minimum Gasteiger partial charge on any atom is -0.493 e. The Hall–Kier alpha value is -3.27. The number of rotatable bonds is 8. The van der Waals surface area contributed by atoms with Crippen LogP contribution < -0.4 is 18.9 Å². The van der Waals surface area contributed by atoms with Gasteiger partial charge in [-0.15, -0.1) is 0 Å². The maximum atomic E-state index is 14.6. The lowest BCUT2D eigenvalue weighted by molar-refractivity contribution is 0.0214. The van der Waals surface area contributed by atoms with Gasteiger partial charge in [0.25, 0.3) is 0 Å². The third-order valence-corrected chi connectivity index (χ3v) is 12.4. The number of hydrogen-bond acceptors (Lipinski definition) is 7. The van der Waals surface area contributed by atoms with E-state index >= 15 is 0 Å². The minimum absolute atomic E-state index is 0.148. The van der Waals surface area contributed by atoms with E-state index < -0.39 is 10.0 Å². The summed E-state index contributed by atoms with van der Waals surface area (Å²) in [6.45, 7) is 6.56. The van der Waals surface area contributed by atoms with Crippen LogP contribution in [0.1, 0.15) is 53.6 Å². The summed E-state index contributed by atoms with van der Waals surface area (Å²) < 4.78 is 53.7. The maximum Gasteiger partial charge on any atom is 0.243 e. The predicted molar refractivity (Wildman–Crippen MR) is 175 cm³/mol. The molecule has 1 saturated heterocycles. The van der Waals surface area contributed by atoms with Crippen LogP contribution in [0.3, 0.4) is 0 Å². The number of nitrogens with zero attached hydrogens (tertiary/aromatic N) is 2. The molecule has 0 N–H and O–H groups in total. The van der Waals surface area contributed by atoms with Gasteiger partial charge >= 0.3 is 0 Å². The predicted octanol–water partition coefficient (Wildman–Crippen LogP) is 5.83. The zero-order valence-corrected chi connectivity index (χ0v) is 28.2. The van der Waals surface area contributed by atoms with E-state index in [1.54, 1.807) is 40.6 Å². The third kappa shape index (κ3) is 5.79. The molecule has 0 bridgehead atoms. The van der Waals surface area contributed by atoms with Gasteiger partial charge in [-0.2, -0.15) is 4.31 Å². The van der Waals surface area contributed by atoms with Crippen molar-refractivity contribution >= 4 is 10.0 Å². The molecular weight excluding hydrogens is 588 g/mol. The number of fused-ring (bicyclic) bond motifs is 4. The van der Waals surface area contributed by atoms with Crippen molar-refractivity contribution in [3.63, 3.8) is 0 Å². The standard InChI is InChI=1S/C36H46N2O6S/c1-7-24-22-37-14-12-26-18-34(42-4)36(44-6)21-30(26)31(37)20-29(24)32-16-27-19-35(43-5)33(41-3)17-25(27)13-15-38(32)45(39,40)28-10-8-23(2)9-11-28/h8-11,17-19,21,24,29,31-32H,7,12-16,20,22H2,1-6H3. The Bertz CT molecular complexity index is 1640. The second-order valence-electron chi connectivity index (χ2n) is 12.7. The molecule has 3 aliphatic heterocycles. The quantitative estimate of drug-likeness (QED) is 0.309. The fourth-order valence-corrected chi connectivity index (χ4v) is 9.65. The first-order chi connectivity index (χ1) is 21.7. The molecule has 242 valence electrons. The zero-order valence-electron chi connectivity index (χ0n) is 27.3. The summed E-state index contributed by atoms with van der Waals surface area (Å²) in [6, 6.07) is 15.6. The molecule has 0 aliphatic carbocycles. The number of piperidine rings is 1. The van der Waals surface area contributed by atoms with Crippen LogP contribution >= 0.6 is 0 Å². The molecule has 0 aromatic heterocycles. The van der Waals surface area contributed by atoms with Gasteiger partial charge in [0.1, 0.15) is 0 Å². The van der Waals surface area contributed by atoms with E-state index in [1.165, 1.54) is 11.1 Å². The summed E-state index contributed by atoms with van der Waals surface area (Å²) in [6.07, 6.45) is 4.04. The summed E-state index contributed by atoms with van der Waals surface area (Å²) in [5.74, 6) is 3.34. The summed E-state index contributed by atoms with van der Waals surface area (Å²) in [5.41, 5.74) is 5.84. The molecule has 9 heteroatoms. The molecule has 4 atom stereocenters. The lowest BCUT2D eigenvalue weighted by Gasteiger charge is -2.50. The first-order valence-corrected chi connectivity index (χ1v) is 17.5. The van der Waals surface area contributed by atoms with Gasteiger partial charge in [0, 0.05) is 31.7 Å². The Balaban J connectivity index is 1.45. The molecule has 8 nitrogen and oxygen atoms in total. The monoisotopic (exact) mass is 634 g/mol. The van der Waals surface area contributed by atoms with E-state index in [2.05, 4.69) is 30.0 Å². The van der Waals surface area contributed by atoms with Crippen molar-refractivity contribution < 1.29 is 27.4 Å². The van der Waals surface area contributed by atoms with E-state index in [4.69, 9.17) is 18.9 Å². The molecule has 0 spiro atoms. The lowest BCUT2D eigenvalue weighted by atomic mass is 9.71. The lowest BCUT2D eigenvalue weighted by Crippen LogP contribution is -2.54. The van der Waals surface area contributed by atoms with Gasteiger partial charge in [-0.3, -0.25) is 4.90 Å². The molecule has 45 heavy (non-hydrogen) atoms. The number of hydrogen-bond donors (Lipinski definition) is 0. The molecule has 0 saturated carbocycles. The molecule has 0 radical (unpaired) electrons. The number of benzene rings is 3. The van der Waals surface area contributed by atoms with E-state index in [1.807, 2.05) is 29.4 Å². The average molecular weight is 635 g/mol. The highest BCUT2D eigenvalue weighted by Crippen LogP contribution is 2.48. The van der Waals surface area contributed by atoms with Gasteiger partial charge in [-0.05, 0) is 103 Å². The topological polar surface area (TPSA) is 77.5 Å². The molecule has 1 fully saturated rings. The van der Waals surface area contributed by atoms with Gasteiger partial charge in [-0.25, -0.2) is 8.42 Å². The van der Waals surface area contributed by atoms with Crippen LogP contribution in [0.4, 0.5) is 0 Å². The first-order valence-electron chi connectivity index (χ1n) is 16.0. The normalized spacial score (nSPS) is 23.7. The maximum absolute atomic E-state index is 14.6. The van der Waals surface area contributed by atoms with Crippen molar-refractivity contribution in [3.8, 4) is 23.0 Å². The first kappa shape index (κ1) is 31.7. The Morgan fingerprint density at radius 1 is 0.778 bits per heavy atom. The summed E-state index contributed by atoms with van der Waals surface area (Å²) in [4.78, 5) is 2.96. The van der Waals surface area contributed by atoms with Crippen molar-refractivity contribution in [3.05, 3.63) is 76.3 Å². The van der Waals surface area contributed by atoms with Gasteiger partial charge < -0.3 is 18.9 Å². The molecule has 3 aliphatic rings. The molecule has 6 rings (SSSR count). The second-order valence-corrected chi connectivity index (χ2v) is 14.6. The Morgan fingerprint density at radius 3 is 1.98 bits per heavy atom. The van der Waals surface area contributed by atoms with Gasteiger partial charge in [0.05, 0.1) is 33.3 Å². The SMILES string of the molecule is CCC1CN2CCc3cc(OC)c(OC)cc3C2CC1C1Cc2cc(OC)c(OC)cc2CCN1S(=O)(=O)c1ccc(C)cc1. The highest BCUT2D eigenvalue weighted by atomic mass is 32.2. The second kappa shape index (κ2) is 12.9. The van der Waals surface area contributed by atoms with E-state index in [0.717, 1.165) is 60.5 Å². The van der Waals surface area contributed by atoms with E-state index in [-0.39, 0.29) is 18.0 Å². The van der Waals surface area contributed by atoms with Crippen LogP contribution in [0.2, 0.25) is 0 Å². The Labute approximate surface area is 268 Å². The summed E-state index contributed by atoms with van der Waals surface area (Å²) in [7, 11) is 2.89. The highest BCUT2D eigenvalue weighted by Gasteiger charge is 2.46. The molecule has 3 aromatic carbocycles. The number of aryl methyl sites for hydroxylation is 1. The summed E-state index contributed by atoms with van der Waals surface area (Å²) in [5, 5.41) is 0. The van der Waals surface area contributed by atoms with Crippen molar-refractivity contribution in [2.45, 2.75) is 62.9 Å². The van der Waals surface area contributed by atoms with Crippen LogP contribution in [-0.2, 0) is 29.3 Å². The largest absolute Gasteiger partial charge is 0.493 e. The van der Waals surface area contributed by atoms with Crippen molar-refractivity contribution in [2.75, 3.05) is 48.1 Å². The average Bonchev–Trinajstić information content (AvgIpc) is 3.25.